The highest BCUT2D eigenvalue weighted by atomic mass is 16.5. The van der Waals surface area contributed by atoms with E-state index in [0.29, 0.717) is 18.4 Å². The summed E-state index contributed by atoms with van der Waals surface area (Å²) in [5.74, 6) is 1.36. The highest BCUT2D eigenvalue weighted by molar-refractivity contribution is 5.18. The molecule has 0 amide bonds. The summed E-state index contributed by atoms with van der Waals surface area (Å²) in [4.78, 5) is 4.49. The Balaban J connectivity index is 1.61. The van der Waals surface area contributed by atoms with Gasteiger partial charge in [-0.3, -0.25) is 0 Å². The zero-order chi connectivity index (χ0) is 14.7. The van der Waals surface area contributed by atoms with E-state index in [-0.39, 0.29) is 12.1 Å². The van der Waals surface area contributed by atoms with Crippen LogP contribution in [0.25, 0.3) is 0 Å². The Kier molecular flexibility index (Phi) is 4.31. The lowest BCUT2D eigenvalue weighted by Crippen LogP contribution is -2.36. The van der Waals surface area contributed by atoms with Gasteiger partial charge in [-0.15, -0.1) is 0 Å². The summed E-state index contributed by atoms with van der Waals surface area (Å²) in [6.07, 6.45) is 1.95. The minimum Gasteiger partial charge on any atom is -0.377 e. The zero-order valence-corrected chi connectivity index (χ0v) is 12.5. The van der Waals surface area contributed by atoms with Gasteiger partial charge in [-0.25, -0.2) is 0 Å². The van der Waals surface area contributed by atoms with Gasteiger partial charge in [0.05, 0.1) is 12.1 Å². The predicted molar refractivity (Wildman–Crippen MR) is 78.9 cm³/mol. The molecule has 5 nitrogen and oxygen atoms in total. The SMILES string of the molecule is CC(NC1CCOC1C)c1nc(Cc2ccccc2)no1. The average Bonchev–Trinajstić information content (AvgIpc) is 3.10. The first-order valence-electron chi connectivity index (χ1n) is 7.46. The maximum absolute atomic E-state index is 5.56. The van der Waals surface area contributed by atoms with Crippen molar-refractivity contribution in [2.24, 2.45) is 0 Å². The normalized spacial score (nSPS) is 23.3. The summed E-state index contributed by atoms with van der Waals surface area (Å²) >= 11 is 0. The molecule has 5 heteroatoms. The number of hydrogen-bond acceptors (Lipinski definition) is 5. The van der Waals surface area contributed by atoms with Crippen molar-refractivity contribution in [2.75, 3.05) is 6.61 Å². The van der Waals surface area contributed by atoms with Gasteiger partial charge in [0.25, 0.3) is 0 Å². The first-order chi connectivity index (χ1) is 10.2. The van der Waals surface area contributed by atoms with Crippen molar-refractivity contribution in [3.05, 3.63) is 47.6 Å². The van der Waals surface area contributed by atoms with E-state index >= 15 is 0 Å². The van der Waals surface area contributed by atoms with Gasteiger partial charge < -0.3 is 14.6 Å². The molecule has 1 N–H and O–H groups in total. The Morgan fingerprint density at radius 2 is 2.14 bits per heavy atom. The fourth-order valence-electron chi connectivity index (χ4n) is 2.64. The van der Waals surface area contributed by atoms with Crippen LogP contribution in [0.5, 0.6) is 0 Å². The number of rotatable bonds is 5. The molecule has 2 aromatic rings. The van der Waals surface area contributed by atoms with E-state index in [9.17, 15) is 0 Å². The monoisotopic (exact) mass is 287 g/mol. The minimum atomic E-state index is 0.0381. The van der Waals surface area contributed by atoms with E-state index in [1.807, 2.05) is 25.1 Å². The Labute approximate surface area is 124 Å². The van der Waals surface area contributed by atoms with Gasteiger partial charge in [-0.05, 0) is 25.8 Å². The Morgan fingerprint density at radius 3 is 2.86 bits per heavy atom. The van der Waals surface area contributed by atoms with Crippen LogP contribution in [0.2, 0.25) is 0 Å². The molecule has 0 bridgehead atoms. The van der Waals surface area contributed by atoms with Crippen LogP contribution in [0.3, 0.4) is 0 Å². The largest absolute Gasteiger partial charge is 0.377 e. The van der Waals surface area contributed by atoms with Crippen LogP contribution in [-0.4, -0.2) is 28.9 Å². The summed E-state index contributed by atoms with van der Waals surface area (Å²) < 4.78 is 10.9. The number of nitrogens with zero attached hydrogens (tertiary/aromatic N) is 2. The van der Waals surface area contributed by atoms with Gasteiger partial charge in [0.1, 0.15) is 0 Å². The van der Waals surface area contributed by atoms with Crippen molar-refractivity contribution in [1.82, 2.24) is 15.5 Å². The molecule has 1 aliphatic heterocycles. The summed E-state index contributed by atoms with van der Waals surface area (Å²) in [7, 11) is 0. The fourth-order valence-corrected chi connectivity index (χ4v) is 2.64. The molecule has 21 heavy (non-hydrogen) atoms. The number of hydrogen-bond donors (Lipinski definition) is 1. The van der Waals surface area contributed by atoms with Crippen LogP contribution in [0.1, 0.15) is 43.6 Å². The van der Waals surface area contributed by atoms with E-state index < -0.39 is 0 Å². The number of ether oxygens (including phenoxy) is 1. The van der Waals surface area contributed by atoms with Crippen molar-refractivity contribution in [1.29, 1.82) is 0 Å². The third-order valence-electron chi connectivity index (χ3n) is 3.90. The van der Waals surface area contributed by atoms with Crippen LogP contribution >= 0.6 is 0 Å². The molecule has 1 aromatic carbocycles. The quantitative estimate of drug-likeness (QED) is 0.915. The summed E-state index contributed by atoms with van der Waals surface area (Å²) in [6.45, 7) is 4.95. The highest BCUT2D eigenvalue weighted by Gasteiger charge is 2.27. The van der Waals surface area contributed by atoms with Crippen molar-refractivity contribution >= 4 is 0 Å². The minimum absolute atomic E-state index is 0.0381. The molecule has 3 unspecified atom stereocenters. The van der Waals surface area contributed by atoms with E-state index in [4.69, 9.17) is 9.26 Å². The van der Waals surface area contributed by atoms with Gasteiger partial charge in [0, 0.05) is 19.1 Å². The Hall–Kier alpha value is -1.72. The molecule has 2 heterocycles. The molecule has 1 aromatic heterocycles. The van der Waals surface area contributed by atoms with Gasteiger partial charge in [0.15, 0.2) is 5.82 Å². The van der Waals surface area contributed by atoms with E-state index in [1.165, 1.54) is 5.56 Å². The van der Waals surface area contributed by atoms with Gasteiger partial charge in [0.2, 0.25) is 5.89 Å². The zero-order valence-electron chi connectivity index (χ0n) is 12.5. The van der Waals surface area contributed by atoms with Crippen molar-refractivity contribution in [3.8, 4) is 0 Å². The molecule has 3 rings (SSSR count). The molecule has 3 atom stereocenters. The maximum atomic E-state index is 5.56. The summed E-state index contributed by atoms with van der Waals surface area (Å²) in [6, 6.07) is 10.6. The van der Waals surface area contributed by atoms with Crippen LogP contribution < -0.4 is 5.32 Å². The smallest absolute Gasteiger partial charge is 0.243 e. The Morgan fingerprint density at radius 1 is 1.33 bits per heavy atom. The van der Waals surface area contributed by atoms with Crippen LogP contribution in [0.15, 0.2) is 34.9 Å². The average molecular weight is 287 g/mol. The molecule has 112 valence electrons. The van der Waals surface area contributed by atoms with Gasteiger partial charge in [-0.1, -0.05) is 35.5 Å². The molecule has 0 aliphatic carbocycles. The molecule has 0 radical (unpaired) electrons. The predicted octanol–water partition coefficient (Wildman–Crippen LogP) is 2.49. The lowest BCUT2D eigenvalue weighted by molar-refractivity contribution is 0.110. The molecular formula is C16H21N3O2. The topological polar surface area (TPSA) is 60.2 Å². The fraction of sp³-hybridized carbons (Fsp3) is 0.500. The van der Waals surface area contributed by atoms with E-state index in [0.717, 1.165) is 18.9 Å². The summed E-state index contributed by atoms with van der Waals surface area (Å²) in [5, 5.41) is 7.57. The first-order valence-corrected chi connectivity index (χ1v) is 7.46. The number of nitrogens with one attached hydrogen (secondary N) is 1. The summed E-state index contributed by atoms with van der Waals surface area (Å²) in [5.41, 5.74) is 1.18. The first kappa shape index (κ1) is 14.2. The molecular weight excluding hydrogens is 266 g/mol. The Bertz CT molecular complexity index is 570. The van der Waals surface area contributed by atoms with Crippen molar-refractivity contribution in [2.45, 2.75) is 44.9 Å². The molecule has 1 aliphatic rings. The van der Waals surface area contributed by atoms with Crippen LogP contribution in [0.4, 0.5) is 0 Å². The van der Waals surface area contributed by atoms with Crippen LogP contribution in [-0.2, 0) is 11.2 Å². The van der Waals surface area contributed by atoms with Crippen molar-refractivity contribution in [3.63, 3.8) is 0 Å². The maximum Gasteiger partial charge on any atom is 0.243 e. The second-order valence-corrected chi connectivity index (χ2v) is 5.57. The van der Waals surface area contributed by atoms with E-state index in [2.05, 4.69) is 34.5 Å². The van der Waals surface area contributed by atoms with E-state index in [1.54, 1.807) is 0 Å². The number of benzene rings is 1. The van der Waals surface area contributed by atoms with Gasteiger partial charge in [-0.2, -0.15) is 4.98 Å². The second kappa shape index (κ2) is 6.37. The van der Waals surface area contributed by atoms with Crippen LogP contribution in [0, 0.1) is 0 Å². The molecule has 1 fully saturated rings. The molecule has 0 spiro atoms. The number of aromatic nitrogens is 2. The van der Waals surface area contributed by atoms with Crippen molar-refractivity contribution < 1.29 is 9.26 Å². The highest BCUT2D eigenvalue weighted by Crippen LogP contribution is 2.18. The standard InChI is InChI=1S/C16H21N3O2/c1-11(17-14-8-9-20-12(14)2)16-18-15(19-21-16)10-13-6-4-3-5-7-13/h3-7,11-12,14,17H,8-10H2,1-2H3. The lowest BCUT2D eigenvalue weighted by Gasteiger charge is -2.19. The second-order valence-electron chi connectivity index (χ2n) is 5.57. The van der Waals surface area contributed by atoms with Gasteiger partial charge >= 0.3 is 0 Å². The third kappa shape index (κ3) is 3.49. The molecule has 1 saturated heterocycles. The molecule has 0 saturated carbocycles. The lowest BCUT2D eigenvalue weighted by atomic mass is 10.1. The third-order valence-corrected chi connectivity index (χ3v) is 3.90.